The average Bonchev–Trinajstić information content (AvgIpc) is 2.90. The molecule has 0 spiro atoms. The molecule has 1 amide bonds. The number of hydrogen-bond donors (Lipinski definition) is 1. The number of hydrogen-bond acceptors (Lipinski definition) is 4. The Hall–Kier alpha value is -1.11. The van der Waals surface area contributed by atoms with Crippen LogP contribution in [0.25, 0.3) is 11.3 Å². The molecule has 0 saturated carbocycles. The fourth-order valence-corrected chi connectivity index (χ4v) is 4.79. The van der Waals surface area contributed by atoms with Crippen LogP contribution in [0.1, 0.15) is 51.5 Å². The molecule has 0 aliphatic heterocycles. The first-order valence-corrected chi connectivity index (χ1v) is 11.4. The minimum atomic E-state index is -0.484. The van der Waals surface area contributed by atoms with E-state index in [1.807, 2.05) is 26.8 Å². The first-order chi connectivity index (χ1) is 13.0. The number of carbonyl (C=O) groups excluding carboxylic acids is 1. The zero-order valence-electron chi connectivity index (χ0n) is 17.1. The van der Waals surface area contributed by atoms with Crippen molar-refractivity contribution >= 4 is 45.0 Å². The molecule has 1 heterocycles. The van der Waals surface area contributed by atoms with Gasteiger partial charge in [0.2, 0.25) is 0 Å². The molecule has 2 rings (SSSR count). The van der Waals surface area contributed by atoms with E-state index in [9.17, 15) is 4.79 Å². The fraction of sp³-hybridized carbons (Fsp3) is 0.524. The average molecular weight is 488 g/mol. The number of thiazole rings is 1. The molecule has 7 heteroatoms. The molecule has 1 aromatic heterocycles. The highest BCUT2D eigenvalue weighted by Crippen LogP contribution is 2.34. The van der Waals surface area contributed by atoms with Gasteiger partial charge in [0.1, 0.15) is 5.60 Å². The van der Waals surface area contributed by atoms with E-state index in [0.717, 1.165) is 45.0 Å². The minimum Gasteiger partial charge on any atom is -0.444 e. The van der Waals surface area contributed by atoms with E-state index in [-0.39, 0.29) is 6.09 Å². The number of ether oxygens (including phenoxy) is 1. The van der Waals surface area contributed by atoms with Gasteiger partial charge in [-0.1, -0.05) is 37.6 Å². The lowest BCUT2D eigenvalue weighted by Gasteiger charge is -2.19. The minimum absolute atomic E-state index is 0.388. The van der Waals surface area contributed by atoms with E-state index in [2.05, 4.69) is 52.2 Å². The second kappa shape index (κ2) is 10.1. The van der Waals surface area contributed by atoms with Gasteiger partial charge in [0.15, 0.2) is 3.92 Å². The number of amides is 1. The summed E-state index contributed by atoms with van der Waals surface area (Å²) in [5.74, 6) is 0.568. The molecule has 0 fully saturated rings. The Morgan fingerprint density at radius 2 is 2.07 bits per heavy atom. The molecule has 0 bridgehead atoms. The number of rotatable bonds is 7. The zero-order chi connectivity index (χ0) is 20.9. The van der Waals surface area contributed by atoms with Gasteiger partial charge in [0.05, 0.1) is 5.69 Å². The number of benzene rings is 1. The van der Waals surface area contributed by atoms with Gasteiger partial charge in [-0.15, -0.1) is 11.3 Å². The van der Waals surface area contributed by atoms with E-state index in [4.69, 9.17) is 16.3 Å². The zero-order valence-corrected chi connectivity index (χ0v) is 20.2. The molecule has 0 aliphatic carbocycles. The number of aryl methyl sites for hydroxylation is 1. The van der Waals surface area contributed by atoms with Crippen molar-refractivity contribution in [3.63, 3.8) is 0 Å². The van der Waals surface area contributed by atoms with Crippen LogP contribution in [0.4, 0.5) is 4.79 Å². The third-order valence-corrected chi connectivity index (χ3v) is 5.76. The van der Waals surface area contributed by atoms with Crippen LogP contribution in [-0.4, -0.2) is 23.2 Å². The molecule has 0 aliphatic rings. The quantitative estimate of drug-likeness (QED) is 0.433. The Balaban J connectivity index is 1.97. The second-order valence-corrected chi connectivity index (χ2v) is 10.9. The van der Waals surface area contributed by atoms with Crippen LogP contribution in [0.3, 0.4) is 0 Å². The lowest BCUT2D eigenvalue weighted by molar-refractivity contribution is 0.0527. The normalized spacial score (nSPS) is 11.7. The van der Waals surface area contributed by atoms with E-state index in [1.54, 1.807) is 11.3 Å². The largest absolute Gasteiger partial charge is 0.444 e. The van der Waals surface area contributed by atoms with Crippen molar-refractivity contribution < 1.29 is 9.53 Å². The van der Waals surface area contributed by atoms with Crippen LogP contribution in [0, 0.1) is 5.92 Å². The lowest BCUT2D eigenvalue weighted by Crippen LogP contribution is -2.33. The molecule has 0 radical (unpaired) electrons. The summed E-state index contributed by atoms with van der Waals surface area (Å²) >= 11 is 11.7. The molecule has 28 heavy (non-hydrogen) atoms. The van der Waals surface area contributed by atoms with E-state index >= 15 is 0 Å². The fourth-order valence-electron chi connectivity index (χ4n) is 2.74. The van der Waals surface area contributed by atoms with Crippen molar-refractivity contribution in [2.24, 2.45) is 5.92 Å². The third-order valence-electron chi connectivity index (χ3n) is 3.88. The van der Waals surface area contributed by atoms with Crippen molar-refractivity contribution in [1.82, 2.24) is 10.3 Å². The van der Waals surface area contributed by atoms with E-state index < -0.39 is 5.60 Å². The van der Waals surface area contributed by atoms with Crippen LogP contribution < -0.4 is 5.32 Å². The molecule has 0 atom stereocenters. The Morgan fingerprint density at radius 1 is 1.36 bits per heavy atom. The molecular weight excluding hydrogens is 460 g/mol. The highest BCUT2D eigenvalue weighted by Gasteiger charge is 2.16. The van der Waals surface area contributed by atoms with E-state index in [1.165, 1.54) is 4.88 Å². The monoisotopic (exact) mass is 486 g/mol. The molecule has 154 valence electrons. The van der Waals surface area contributed by atoms with Crippen LogP contribution in [-0.2, 0) is 17.6 Å². The first-order valence-electron chi connectivity index (χ1n) is 9.46. The number of halogens is 2. The van der Waals surface area contributed by atoms with Crippen molar-refractivity contribution in [3.8, 4) is 11.3 Å². The Bertz CT molecular complexity index is 815. The van der Waals surface area contributed by atoms with Crippen molar-refractivity contribution in [2.45, 2.75) is 59.5 Å². The summed E-state index contributed by atoms with van der Waals surface area (Å²) in [7, 11) is 0. The molecule has 0 unspecified atom stereocenters. The Morgan fingerprint density at radius 3 is 2.68 bits per heavy atom. The maximum Gasteiger partial charge on any atom is 0.407 e. The molecule has 4 nitrogen and oxygen atoms in total. The second-order valence-electron chi connectivity index (χ2n) is 8.17. The van der Waals surface area contributed by atoms with Crippen molar-refractivity contribution in [1.29, 1.82) is 0 Å². The number of carbonyl (C=O) groups is 1. The van der Waals surface area contributed by atoms with Crippen LogP contribution in [0.5, 0.6) is 0 Å². The molecule has 1 N–H and O–H groups in total. The van der Waals surface area contributed by atoms with Crippen molar-refractivity contribution in [3.05, 3.63) is 37.6 Å². The predicted octanol–water partition coefficient (Wildman–Crippen LogP) is 6.88. The summed E-state index contributed by atoms with van der Waals surface area (Å²) in [5.41, 5.74) is 2.63. The summed E-state index contributed by atoms with van der Waals surface area (Å²) in [4.78, 5) is 17.6. The smallest absolute Gasteiger partial charge is 0.407 e. The van der Waals surface area contributed by atoms with Gasteiger partial charge in [-0.25, -0.2) is 9.78 Å². The predicted molar refractivity (Wildman–Crippen MR) is 121 cm³/mol. The van der Waals surface area contributed by atoms with Gasteiger partial charge in [-0.05, 0) is 73.5 Å². The maximum atomic E-state index is 11.7. The summed E-state index contributed by atoms with van der Waals surface area (Å²) in [6.45, 7) is 10.5. The van der Waals surface area contributed by atoms with Gasteiger partial charge in [-0.2, -0.15) is 0 Å². The first kappa shape index (κ1) is 23.2. The molecule has 0 saturated heterocycles. The SMILES string of the molecule is CC(C)Cc1sc(Br)nc1-c1ccc(CCCNC(=O)OC(C)(C)C)c(Cl)c1. The maximum absolute atomic E-state index is 11.7. The molecular formula is C21H28BrClN2O2S. The van der Waals surface area contributed by atoms with Gasteiger partial charge in [0.25, 0.3) is 0 Å². The number of alkyl carbamates (subject to hydrolysis) is 1. The van der Waals surface area contributed by atoms with Crippen LogP contribution in [0.15, 0.2) is 22.1 Å². The van der Waals surface area contributed by atoms with Gasteiger partial charge >= 0.3 is 6.09 Å². The summed E-state index contributed by atoms with van der Waals surface area (Å²) in [5, 5.41) is 3.51. The standard InChI is InChI=1S/C21H28BrClN2O2S/c1-13(2)11-17-18(25-19(22)28-17)15-9-8-14(16(23)12-15)7-6-10-24-20(26)27-21(3,4)5/h8-9,12-13H,6-7,10-11H2,1-5H3,(H,24,26). The molecule has 1 aromatic carbocycles. The summed E-state index contributed by atoms with van der Waals surface area (Å²) < 4.78 is 6.13. The number of aromatic nitrogens is 1. The Kier molecular flexibility index (Phi) is 8.34. The van der Waals surface area contributed by atoms with Crippen molar-refractivity contribution in [2.75, 3.05) is 6.54 Å². The highest BCUT2D eigenvalue weighted by atomic mass is 79.9. The van der Waals surface area contributed by atoms with Gasteiger partial charge < -0.3 is 10.1 Å². The van der Waals surface area contributed by atoms with Crippen LogP contribution in [0.2, 0.25) is 5.02 Å². The van der Waals surface area contributed by atoms with E-state index in [0.29, 0.717) is 12.5 Å². The Labute approximate surface area is 185 Å². The van der Waals surface area contributed by atoms with Crippen LogP contribution >= 0.6 is 38.9 Å². The van der Waals surface area contributed by atoms with Gasteiger partial charge in [-0.3, -0.25) is 0 Å². The van der Waals surface area contributed by atoms with Gasteiger partial charge in [0, 0.05) is 22.0 Å². The lowest BCUT2D eigenvalue weighted by atomic mass is 10.0. The third kappa shape index (κ3) is 7.37. The molecule has 2 aromatic rings. The number of nitrogens with one attached hydrogen (secondary N) is 1. The number of nitrogens with zero attached hydrogens (tertiary/aromatic N) is 1. The summed E-state index contributed by atoms with van der Waals surface area (Å²) in [6, 6.07) is 6.12. The topological polar surface area (TPSA) is 51.2 Å². The highest BCUT2D eigenvalue weighted by molar-refractivity contribution is 9.11. The summed E-state index contributed by atoms with van der Waals surface area (Å²) in [6.07, 6.45) is 2.18.